The number of carbonyl (C=O) groups excluding carboxylic acids is 1. The standard InChI is InChI=1S/C13H12ClNO/c1-10(16)13-7-4-8-15(13)9-11-5-2-3-6-12(11)14/h2-8H,9H2,1H3. The van der Waals surface area contributed by atoms with Gasteiger partial charge in [-0.05, 0) is 23.8 Å². The van der Waals surface area contributed by atoms with E-state index < -0.39 is 0 Å². The van der Waals surface area contributed by atoms with Gasteiger partial charge < -0.3 is 4.57 Å². The Balaban J connectivity index is 2.31. The van der Waals surface area contributed by atoms with Crippen LogP contribution in [0.4, 0.5) is 0 Å². The zero-order valence-corrected chi connectivity index (χ0v) is 9.74. The van der Waals surface area contributed by atoms with Gasteiger partial charge in [0.1, 0.15) is 0 Å². The van der Waals surface area contributed by atoms with Crippen molar-refractivity contribution in [2.24, 2.45) is 0 Å². The number of ketones is 1. The molecule has 0 N–H and O–H groups in total. The quantitative estimate of drug-likeness (QED) is 0.745. The number of carbonyl (C=O) groups is 1. The Morgan fingerprint density at radius 1 is 1.25 bits per heavy atom. The SMILES string of the molecule is CC(=O)c1cccn1Cc1ccccc1Cl. The first-order valence-corrected chi connectivity index (χ1v) is 5.46. The zero-order valence-electron chi connectivity index (χ0n) is 8.98. The fraction of sp³-hybridized carbons (Fsp3) is 0.154. The molecule has 2 nitrogen and oxygen atoms in total. The smallest absolute Gasteiger partial charge is 0.176 e. The van der Waals surface area contributed by atoms with Crippen molar-refractivity contribution in [3.8, 4) is 0 Å². The average Bonchev–Trinajstić information content (AvgIpc) is 2.69. The average molecular weight is 234 g/mol. The Morgan fingerprint density at radius 2 is 2.00 bits per heavy atom. The molecule has 0 radical (unpaired) electrons. The van der Waals surface area contributed by atoms with Crippen LogP contribution in [0.3, 0.4) is 0 Å². The lowest BCUT2D eigenvalue weighted by molar-refractivity contribution is 0.100. The van der Waals surface area contributed by atoms with Crippen molar-refractivity contribution in [1.82, 2.24) is 4.57 Å². The van der Waals surface area contributed by atoms with Crippen molar-refractivity contribution in [3.05, 3.63) is 58.9 Å². The third-order valence-corrected chi connectivity index (χ3v) is 2.86. The Kier molecular flexibility index (Phi) is 3.11. The van der Waals surface area contributed by atoms with Gasteiger partial charge in [0.2, 0.25) is 0 Å². The summed E-state index contributed by atoms with van der Waals surface area (Å²) in [6, 6.07) is 11.3. The number of hydrogen-bond acceptors (Lipinski definition) is 1. The van der Waals surface area contributed by atoms with Crippen LogP contribution >= 0.6 is 11.6 Å². The predicted octanol–water partition coefficient (Wildman–Crippen LogP) is 3.39. The molecule has 1 aromatic heterocycles. The second kappa shape index (κ2) is 4.54. The van der Waals surface area contributed by atoms with E-state index in [1.54, 1.807) is 6.92 Å². The fourth-order valence-electron chi connectivity index (χ4n) is 1.68. The van der Waals surface area contributed by atoms with Gasteiger partial charge in [0.05, 0.1) is 5.69 Å². The second-order valence-electron chi connectivity index (χ2n) is 3.67. The van der Waals surface area contributed by atoms with Crippen molar-refractivity contribution >= 4 is 17.4 Å². The molecule has 1 aromatic carbocycles. The highest BCUT2D eigenvalue weighted by Gasteiger charge is 2.07. The van der Waals surface area contributed by atoms with Crippen LogP contribution in [-0.2, 0) is 6.54 Å². The molecule has 0 spiro atoms. The van der Waals surface area contributed by atoms with Crippen LogP contribution < -0.4 is 0 Å². The molecule has 2 aromatic rings. The Hall–Kier alpha value is -1.54. The van der Waals surface area contributed by atoms with Gasteiger partial charge in [-0.3, -0.25) is 4.79 Å². The molecule has 0 unspecified atom stereocenters. The van der Waals surface area contributed by atoms with E-state index in [2.05, 4.69) is 0 Å². The summed E-state index contributed by atoms with van der Waals surface area (Å²) in [6.45, 7) is 2.19. The second-order valence-corrected chi connectivity index (χ2v) is 4.08. The number of halogens is 1. The molecule has 16 heavy (non-hydrogen) atoms. The summed E-state index contributed by atoms with van der Waals surface area (Å²) >= 11 is 6.07. The van der Waals surface area contributed by atoms with Gasteiger partial charge >= 0.3 is 0 Å². The van der Waals surface area contributed by atoms with Crippen LogP contribution in [0.2, 0.25) is 5.02 Å². The van der Waals surface area contributed by atoms with E-state index in [1.165, 1.54) is 0 Å². The fourth-order valence-corrected chi connectivity index (χ4v) is 1.88. The maximum Gasteiger partial charge on any atom is 0.176 e. The monoisotopic (exact) mass is 233 g/mol. The summed E-state index contributed by atoms with van der Waals surface area (Å²) in [4.78, 5) is 11.3. The minimum Gasteiger partial charge on any atom is -0.341 e. The molecule has 0 aliphatic carbocycles. The molecule has 1 heterocycles. The molecule has 82 valence electrons. The molecule has 0 bridgehead atoms. The van der Waals surface area contributed by atoms with Crippen molar-refractivity contribution in [3.63, 3.8) is 0 Å². The number of Topliss-reactive ketones (excluding diaryl/α,β-unsaturated/α-hetero) is 1. The van der Waals surface area contributed by atoms with Gasteiger partial charge in [0.25, 0.3) is 0 Å². The first kappa shape index (κ1) is 11.0. The summed E-state index contributed by atoms with van der Waals surface area (Å²) in [5.74, 6) is 0.0667. The van der Waals surface area contributed by atoms with Crippen LogP contribution in [0.5, 0.6) is 0 Å². The van der Waals surface area contributed by atoms with Crippen LogP contribution in [0, 0.1) is 0 Å². The maximum absolute atomic E-state index is 11.3. The van der Waals surface area contributed by atoms with Crippen molar-refractivity contribution < 1.29 is 4.79 Å². The first-order chi connectivity index (χ1) is 7.68. The molecular formula is C13H12ClNO. The van der Waals surface area contributed by atoms with E-state index >= 15 is 0 Å². The van der Waals surface area contributed by atoms with Crippen LogP contribution in [-0.4, -0.2) is 10.4 Å². The third kappa shape index (κ3) is 2.17. The molecule has 0 atom stereocenters. The van der Waals surface area contributed by atoms with Gasteiger partial charge in [0, 0.05) is 24.7 Å². The molecule has 0 saturated heterocycles. The summed E-state index contributed by atoms with van der Waals surface area (Å²) < 4.78 is 1.91. The van der Waals surface area contributed by atoms with E-state index in [1.807, 2.05) is 47.2 Å². The Morgan fingerprint density at radius 3 is 2.69 bits per heavy atom. The summed E-state index contributed by atoms with van der Waals surface area (Å²) in [5.41, 5.74) is 1.72. The lowest BCUT2D eigenvalue weighted by Crippen LogP contribution is -2.06. The highest BCUT2D eigenvalue weighted by atomic mass is 35.5. The van der Waals surface area contributed by atoms with Crippen LogP contribution in [0.25, 0.3) is 0 Å². The van der Waals surface area contributed by atoms with Gasteiger partial charge in [-0.1, -0.05) is 29.8 Å². The number of nitrogens with zero attached hydrogens (tertiary/aromatic N) is 1. The molecule has 0 aliphatic heterocycles. The van der Waals surface area contributed by atoms with Gasteiger partial charge in [0.15, 0.2) is 5.78 Å². The van der Waals surface area contributed by atoms with Gasteiger partial charge in [-0.2, -0.15) is 0 Å². The van der Waals surface area contributed by atoms with Crippen molar-refractivity contribution in [2.75, 3.05) is 0 Å². The van der Waals surface area contributed by atoms with Crippen LogP contribution in [0.1, 0.15) is 23.0 Å². The Labute approximate surface area is 99.5 Å². The molecule has 0 fully saturated rings. The summed E-state index contributed by atoms with van der Waals surface area (Å²) in [5, 5.41) is 0.728. The molecule has 0 amide bonds. The largest absolute Gasteiger partial charge is 0.341 e. The molecular weight excluding hydrogens is 222 g/mol. The number of rotatable bonds is 3. The summed E-state index contributed by atoms with van der Waals surface area (Å²) in [6.07, 6.45) is 1.89. The lowest BCUT2D eigenvalue weighted by Gasteiger charge is -2.08. The van der Waals surface area contributed by atoms with E-state index in [4.69, 9.17) is 11.6 Å². The van der Waals surface area contributed by atoms with E-state index in [-0.39, 0.29) is 5.78 Å². The third-order valence-electron chi connectivity index (χ3n) is 2.49. The highest BCUT2D eigenvalue weighted by molar-refractivity contribution is 6.31. The number of hydrogen-bond donors (Lipinski definition) is 0. The molecule has 0 aliphatic rings. The normalized spacial score (nSPS) is 10.4. The van der Waals surface area contributed by atoms with Gasteiger partial charge in [-0.15, -0.1) is 0 Å². The predicted molar refractivity (Wildman–Crippen MR) is 65.0 cm³/mol. The lowest BCUT2D eigenvalue weighted by atomic mass is 10.2. The summed E-state index contributed by atoms with van der Waals surface area (Å²) in [7, 11) is 0. The van der Waals surface area contributed by atoms with Crippen LogP contribution in [0.15, 0.2) is 42.6 Å². The van der Waals surface area contributed by atoms with Crippen molar-refractivity contribution in [1.29, 1.82) is 0 Å². The number of aromatic nitrogens is 1. The number of benzene rings is 1. The zero-order chi connectivity index (χ0) is 11.5. The minimum atomic E-state index is 0.0667. The van der Waals surface area contributed by atoms with E-state index in [0.29, 0.717) is 12.2 Å². The van der Waals surface area contributed by atoms with Crippen molar-refractivity contribution in [2.45, 2.75) is 13.5 Å². The molecule has 0 saturated carbocycles. The maximum atomic E-state index is 11.3. The molecule has 2 rings (SSSR count). The van der Waals surface area contributed by atoms with E-state index in [0.717, 1.165) is 10.6 Å². The topological polar surface area (TPSA) is 22.0 Å². The molecule has 3 heteroatoms. The van der Waals surface area contributed by atoms with Gasteiger partial charge in [-0.25, -0.2) is 0 Å². The highest BCUT2D eigenvalue weighted by Crippen LogP contribution is 2.17. The van der Waals surface area contributed by atoms with E-state index in [9.17, 15) is 4.79 Å². The Bertz CT molecular complexity index is 516. The first-order valence-electron chi connectivity index (χ1n) is 5.08. The minimum absolute atomic E-state index is 0.0667.